The summed E-state index contributed by atoms with van der Waals surface area (Å²) in [6.45, 7) is 9.03. The molecule has 0 spiro atoms. The molecule has 0 amide bonds. The molecule has 14 heavy (non-hydrogen) atoms. The van der Waals surface area contributed by atoms with Gasteiger partial charge < -0.3 is 15.2 Å². The van der Waals surface area contributed by atoms with Crippen molar-refractivity contribution in [3.8, 4) is 0 Å². The average Bonchev–Trinajstić information content (AvgIpc) is 2.32. The fraction of sp³-hybridized carbons (Fsp3) is 1.00. The zero-order valence-electron chi connectivity index (χ0n) is 9.96. The summed E-state index contributed by atoms with van der Waals surface area (Å²) < 4.78 is 11.1. The zero-order valence-corrected chi connectivity index (χ0v) is 9.96. The summed E-state index contributed by atoms with van der Waals surface area (Å²) in [5.74, 6) is 0.403. The topological polar surface area (TPSA) is 44.5 Å². The minimum absolute atomic E-state index is 0.105. The Hall–Kier alpha value is -0.120. The van der Waals surface area contributed by atoms with Crippen molar-refractivity contribution >= 4 is 0 Å². The Kier molecular flexibility index (Phi) is 3.24. The van der Waals surface area contributed by atoms with E-state index in [2.05, 4.69) is 27.7 Å². The molecule has 0 bridgehead atoms. The fourth-order valence-electron chi connectivity index (χ4n) is 1.99. The Morgan fingerprint density at radius 3 is 2.43 bits per heavy atom. The van der Waals surface area contributed by atoms with Crippen LogP contribution in [0.2, 0.25) is 0 Å². The van der Waals surface area contributed by atoms with Crippen molar-refractivity contribution in [2.45, 2.75) is 51.4 Å². The molecule has 2 atom stereocenters. The maximum Gasteiger partial charge on any atom is 0.0780 e. The van der Waals surface area contributed by atoms with E-state index in [1.165, 1.54) is 0 Å². The molecule has 0 aliphatic carbocycles. The molecule has 1 fully saturated rings. The van der Waals surface area contributed by atoms with Crippen molar-refractivity contribution in [2.75, 3.05) is 13.7 Å². The van der Waals surface area contributed by atoms with Crippen molar-refractivity contribution in [3.05, 3.63) is 0 Å². The highest BCUT2D eigenvalue weighted by atomic mass is 16.5. The Morgan fingerprint density at radius 1 is 1.50 bits per heavy atom. The van der Waals surface area contributed by atoms with Crippen LogP contribution in [0.4, 0.5) is 0 Å². The van der Waals surface area contributed by atoms with Gasteiger partial charge in [0.2, 0.25) is 0 Å². The molecule has 1 aliphatic heterocycles. The van der Waals surface area contributed by atoms with Crippen LogP contribution >= 0.6 is 0 Å². The summed E-state index contributed by atoms with van der Waals surface area (Å²) >= 11 is 0. The van der Waals surface area contributed by atoms with Crippen molar-refractivity contribution < 1.29 is 9.47 Å². The van der Waals surface area contributed by atoms with Gasteiger partial charge in [-0.2, -0.15) is 0 Å². The van der Waals surface area contributed by atoms with E-state index in [9.17, 15) is 0 Å². The molecule has 0 aromatic heterocycles. The van der Waals surface area contributed by atoms with Crippen LogP contribution in [-0.2, 0) is 9.47 Å². The normalized spacial score (nSPS) is 32.1. The summed E-state index contributed by atoms with van der Waals surface area (Å²) in [5, 5.41) is 0. The van der Waals surface area contributed by atoms with Gasteiger partial charge in [-0.15, -0.1) is 0 Å². The number of hydrogen-bond donors (Lipinski definition) is 1. The van der Waals surface area contributed by atoms with E-state index in [-0.39, 0.29) is 17.2 Å². The van der Waals surface area contributed by atoms with Gasteiger partial charge >= 0.3 is 0 Å². The Bertz CT molecular complexity index is 201. The highest BCUT2D eigenvalue weighted by molar-refractivity contribution is 4.96. The maximum atomic E-state index is 6.14. The van der Waals surface area contributed by atoms with Crippen molar-refractivity contribution in [1.29, 1.82) is 0 Å². The number of ether oxygens (including phenoxy) is 2. The molecule has 2 N–H and O–H groups in total. The van der Waals surface area contributed by atoms with Gasteiger partial charge in [-0.3, -0.25) is 0 Å². The Morgan fingerprint density at radius 2 is 2.07 bits per heavy atom. The molecule has 0 radical (unpaired) electrons. The van der Waals surface area contributed by atoms with Gasteiger partial charge in [0.15, 0.2) is 0 Å². The number of rotatable bonds is 3. The van der Waals surface area contributed by atoms with Gasteiger partial charge in [-0.25, -0.2) is 0 Å². The molecule has 1 saturated heterocycles. The van der Waals surface area contributed by atoms with E-state index >= 15 is 0 Å². The van der Waals surface area contributed by atoms with Crippen LogP contribution in [0.5, 0.6) is 0 Å². The van der Waals surface area contributed by atoms with Crippen LogP contribution < -0.4 is 5.73 Å². The lowest BCUT2D eigenvalue weighted by Gasteiger charge is -2.30. The second kappa shape index (κ2) is 3.80. The third kappa shape index (κ3) is 2.47. The minimum atomic E-state index is -0.186. The van der Waals surface area contributed by atoms with E-state index in [1.807, 2.05) is 0 Å². The standard InChI is InChI=1S/C11H23NO2/c1-10(2,13-5)6-8-7-14-11(3,4)9(8)12/h8-9H,6-7,12H2,1-5H3. The number of hydrogen-bond acceptors (Lipinski definition) is 3. The summed E-state index contributed by atoms with van der Waals surface area (Å²) in [6.07, 6.45) is 0.952. The van der Waals surface area contributed by atoms with Crippen molar-refractivity contribution in [3.63, 3.8) is 0 Å². The van der Waals surface area contributed by atoms with Gasteiger partial charge in [0, 0.05) is 19.1 Å². The molecular formula is C11H23NO2. The first kappa shape index (κ1) is 12.0. The van der Waals surface area contributed by atoms with Gasteiger partial charge in [0.25, 0.3) is 0 Å². The molecule has 1 heterocycles. The number of nitrogens with two attached hydrogens (primary N) is 1. The largest absolute Gasteiger partial charge is 0.379 e. The highest BCUT2D eigenvalue weighted by Crippen LogP contribution is 2.33. The Labute approximate surface area is 86.9 Å². The Balaban J connectivity index is 2.57. The average molecular weight is 201 g/mol. The van der Waals surface area contributed by atoms with Gasteiger partial charge in [0.05, 0.1) is 17.8 Å². The first-order valence-corrected chi connectivity index (χ1v) is 5.23. The molecule has 1 rings (SSSR count). The second-order valence-electron chi connectivity index (χ2n) is 5.37. The molecule has 0 aromatic rings. The van der Waals surface area contributed by atoms with Gasteiger partial charge in [-0.05, 0) is 34.1 Å². The molecule has 3 heteroatoms. The fourth-order valence-corrected chi connectivity index (χ4v) is 1.99. The molecule has 0 aromatic carbocycles. The lowest BCUT2D eigenvalue weighted by atomic mass is 9.84. The zero-order chi connectivity index (χ0) is 11.0. The van der Waals surface area contributed by atoms with Crippen LogP contribution in [-0.4, -0.2) is 31.0 Å². The third-order valence-electron chi connectivity index (χ3n) is 3.29. The van der Waals surface area contributed by atoms with Crippen molar-refractivity contribution in [2.24, 2.45) is 11.7 Å². The van der Waals surface area contributed by atoms with Crippen molar-refractivity contribution in [1.82, 2.24) is 0 Å². The first-order valence-electron chi connectivity index (χ1n) is 5.23. The lowest BCUT2D eigenvalue weighted by molar-refractivity contribution is -0.00151. The van der Waals surface area contributed by atoms with E-state index in [4.69, 9.17) is 15.2 Å². The third-order valence-corrected chi connectivity index (χ3v) is 3.29. The summed E-state index contributed by atoms with van der Waals surface area (Å²) in [4.78, 5) is 0. The lowest BCUT2D eigenvalue weighted by Crippen LogP contribution is -2.44. The van der Waals surface area contributed by atoms with Gasteiger partial charge in [-0.1, -0.05) is 0 Å². The second-order valence-corrected chi connectivity index (χ2v) is 5.37. The van der Waals surface area contributed by atoms with E-state index < -0.39 is 0 Å². The van der Waals surface area contributed by atoms with Crippen LogP contribution in [0.3, 0.4) is 0 Å². The smallest absolute Gasteiger partial charge is 0.0780 e. The molecule has 84 valence electrons. The van der Waals surface area contributed by atoms with Crippen LogP contribution in [0.15, 0.2) is 0 Å². The quantitative estimate of drug-likeness (QED) is 0.753. The van der Waals surface area contributed by atoms with Crippen LogP contribution in [0.25, 0.3) is 0 Å². The summed E-state index contributed by atoms with van der Waals surface area (Å²) in [7, 11) is 1.74. The minimum Gasteiger partial charge on any atom is -0.379 e. The van der Waals surface area contributed by atoms with E-state index in [0.29, 0.717) is 5.92 Å². The van der Waals surface area contributed by atoms with Crippen LogP contribution in [0.1, 0.15) is 34.1 Å². The predicted molar refractivity (Wildman–Crippen MR) is 57.2 cm³/mol. The molecular weight excluding hydrogens is 178 g/mol. The SMILES string of the molecule is COC(C)(C)CC1COC(C)(C)C1N. The predicted octanol–water partition coefficient (Wildman–Crippen LogP) is 1.55. The summed E-state index contributed by atoms with van der Waals surface area (Å²) in [6, 6.07) is 0.108. The van der Waals surface area contributed by atoms with E-state index in [0.717, 1.165) is 13.0 Å². The molecule has 2 unspecified atom stereocenters. The monoisotopic (exact) mass is 201 g/mol. The highest BCUT2D eigenvalue weighted by Gasteiger charge is 2.42. The first-order chi connectivity index (χ1) is 6.28. The van der Waals surface area contributed by atoms with E-state index in [1.54, 1.807) is 7.11 Å². The number of methoxy groups -OCH3 is 1. The maximum absolute atomic E-state index is 6.14. The summed E-state index contributed by atoms with van der Waals surface area (Å²) in [5.41, 5.74) is 5.85. The van der Waals surface area contributed by atoms with Gasteiger partial charge in [0.1, 0.15) is 0 Å². The molecule has 0 saturated carbocycles. The van der Waals surface area contributed by atoms with Crippen LogP contribution in [0, 0.1) is 5.92 Å². The molecule has 1 aliphatic rings. The molecule has 3 nitrogen and oxygen atoms in total.